The first-order valence-electron chi connectivity index (χ1n) is 12.5. The number of hydrogen-bond acceptors (Lipinski definition) is 3. The molecule has 1 N–H and O–H groups in total. The summed E-state index contributed by atoms with van der Waals surface area (Å²) < 4.78 is 29.2. The van der Waals surface area contributed by atoms with Crippen molar-refractivity contribution >= 4 is 11.7 Å². The summed E-state index contributed by atoms with van der Waals surface area (Å²) in [5, 5.41) is 11.8. The minimum Gasteiger partial charge on any atom is -0.375 e. The van der Waals surface area contributed by atoms with Crippen molar-refractivity contribution in [3.8, 4) is 0 Å². The van der Waals surface area contributed by atoms with E-state index in [1.54, 1.807) is 32.3 Å². The first-order valence-corrected chi connectivity index (χ1v) is 12.5. The fraction of sp³-hybridized carbons (Fsp3) is 0.500. The number of halogens is 2. The van der Waals surface area contributed by atoms with E-state index in [1.165, 1.54) is 23.1 Å². The van der Waals surface area contributed by atoms with Gasteiger partial charge in [0.05, 0.1) is 20.6 Å². The fourth-order valence-corrected chi connectivity index (χ4v) is 5.92. The van der Waals surface area contributed by atoms with E-state index in [9.17, 15) is 19.1 Å². The van der Waals surface area contributed by atoms with E-state index >= 15 is 4.39 Å². The lowest BCUT2D eigenvalue weighted by atomic mass is 9.78. The Kier molecular flexibility index (Phi) is 7.38. The van der Waals surface area contributed by atoms with Gasteiger partial charge in [0, 0.05) is 24.4 Å². The molecule has 7 heteroatoms. The summed E-state index contributed by atoms with van der Waals surface area (Å²) in [7, 11) is 3.59. The SMILES string of the molecule is C[N+](C)(CC(=O)c1cccc(F)c1)C1CCN(C(=O)C(O)(c2ccccc2)C2CCCC2)CC1F. The molecule has 2 aliphatic rings. The number of carbonyl (C=O) groups is 2. The van der Waals surface area contributed by atoms with Crippen LogP contribution < -0.4 is 0 Å². The van der Waals surface area contributed by atoms with Crippen molar-refractivity contribution in [2.45, 2.75) is 49.9 Å². The molecule has 0 bridgehead atoms. The molecular formula is C28H35F2N2O3+. The second-order valence-corrected chi connectivity index (χ2v) is 10.6. The van der Waals surface area contributed by atoms with E-state index in [-0.39, 0.29) is 34.8 Å². The van der Waals surface area contributed by atoms with Gasteiger partial charge >= 0.3 is 0 Å². The molecule has 35 heavy (non-hydrogen) atoms. The van der Waals surface area contributed by atoms with Gasteiger partial charge in [-0.05, 0) is 30.5 Å². The van der Waals surface area contributed by atoms with Gasteiger partial charge in [-0.1, -0.05) is 55.3 Å². The molecule has 188 valence electrons. The molecule has 3 atom stereocenters. The van der Waals surface area contributed by atoms with Crippen LogP contribution in [0.15, 0.2) is 54.6 Å². The van der Waals surface area contributed by atoms with Crippen LogP contribution in [0, 0.1) is 11.7 Å². The van der Waals surface area contributed by atoms with Crippen molar-refractivity contribution in [1.82, 2.24) is 4.90 Å². The van der Waals surface area contributed by atoms with Gasteiger partial charge in [0.25, 0.3) is 5.91 Å². The Morgan fingerprint density at radius 1 is 1.06 bits per heavy atom. The maximum atomic E-state index is 15.6. The van der Waals surface area contributed by atoms with Crippen molar-refractivity contribution in [2.24, 2.45) is 5.92 Å². The number of alkyl halides is 1. The molecule has 1 heterocycles. The first kappa shape index (κ1) is 25.5. The lowest BCUT2D eigenvalue weighted by Crippen LogP contribution is -2.63. The Balaban J connectivity index is 1.48. The number of likely N-dealkylation sites (N-methyl/N-ethyl adjacent to an activating group) is 1. The summed E-state index contributed by atoms with van der Waals surface area (Å²) in [6.45, 7) is 0.210. The van der Waals surface area contributed by atoms with Gasteiger partial charge in [-0.15, -0.1) is 0 Å². The maximum Gasteiger partial charge on any atom is 0.259 e. The third-order valence-corrected chi connectivity index (χ3v) is 7.88. The number of Topliss-reactive ketones (excluding diaryl/α,β-unsaturated/α-hetero) is 1. The number of carbonyl (C=O) groups excluding carboxylic acids is 2. The molecule has 1 saturated carbocycles. The van der Waals surface area contributed by atoms with E-state index in [0.717, 1.165) is 25.7 Å². The minimum atomic E-state index is -1.66. The van der Waals surface area contributed by atoms with Crippen LogP contribution in [0.25, 0.3) is 0 Å². The van der Waals surface area contributed by atoms with E-state index in [4.69, 9.17) is 0 Å². The van der Waals surface area contributed by atoms with Crippen LogP contribution in [-0.4, -0.2) is 72.1 Å². The Morgan fingerprint density at radius 2 is 1.74 bits per heavy atom. The molecule has 3 unspecified atom stereocenters. The number of ketones is 1. The van der Waals surface area contributed by atoms with Crippen molar-refractivity contribution in [1.29, 1.82) is 0 Å². The zero-order valence-corrected chi connectivity index (χ0v) is 20.5. The Hall–Kier alpha value is -2.64. The molecule has 1 amide bonds. The molecule has 0 radical (unpaired) electrons. The van der Waals surface area contributed by atoms with Gasteiger partial charge in [0.1, 0.15) is 18.4 Å². The highest BCUT2D eigenvalue weighted by Gasteiger charge is 2.51. The molecule has 1 saturated heterocycles. The van der Waals surface area contributed by atoms with Crippen LogP contribution >= 0.6 is 0 Å². The van der Waals surface area contributed by atoms with E-state index in [1.807, 2.05) is 18.2 Å². The highest BCUT2D eigenvalue weighted by molar-refractivity contribution is 5.97. The molecule has 0 spiro atoms. The predicted octanol–water partition coefficient (Wildman–Crippen LogP) is 4.10. The first-order chi connectivity index (χ1) is 16.6. The number of benzene rings is 2. The summed E-state index contributed by atoms with van der Waals surface area (Å²) in [6.07, 6.45) is 2.47. The molecule has 1 aliphatic heterocycles. The molecule has 2 fully saturated rings. The average molecular weight is 486 g/mol. The molecule has 5 nitrogen and oxygen atoms in total. The van der Waals surface area contributed by atoms with Crippen molar-refractivity contribution in [3.05, 3.63) is 71.5 Å². The summed E-state index contributed by atoms with van der Waals surface area (Å²) in [4.78, 5) is 27.9. The second-order valence-electron chi connectivity index (χ2n) is 10.6. The average Bonchev–Trinajstić information content (AvgIpc) is 3.39. The topological polar surface area (TPSA) is 57.6 Å². The summed E-state index contributed by atoms with van der Waals surface area (Å²) in [5.41, 5.74) is -0.836. The number of likely N-dealkylation sites (tertiary alicyclic amines) is 1. The van der Waals surface area contributed by atoms with Gasteiger partial charge < -0.3 is 14.5 Å². The number of aliphatic hydroxyl groups is 1. The zero-order valence-electron chi connectivity index (χ0n) is 20.5. The zero-order chi connectivity index (χ0) is 25.2. The van der Waals surface area contributed by atoms with Crippen LogP contribution in [0.4, 0.5) is 8.78 Å². The Morgan fingerprint density at radius 3 is 2.37 bits per heavy atom. The number of rotatable bonds is 7. The van der Waals surface area contributed by atoms with Gasteiger partial charge in [-0.25, -0.2) is 8.78 Å². The van der Waals surface area contributed by atoms with Crippen LogP contribution in [-0.2, 0) is 10.4 Å². The minimum absolute atomic E-state index is 0.0263. The number of hydrogen-bond donors (Lipinski definition) is 1. The van der Waals surface area contributed by atoms with Gasteiger partial charge in [0.2, 0.25) is 5.78 Å². The number of piperidine rings is 1. The number of quaternary nitrogens is 1. The molecule has 0 aromatic heterocycles. The normalized spacial score (nSPS) is 23.2. The number of nitrogens with zero attached hydrogens (tertiary/aromatic N) is 2. The lowest BCUT2D eigenvalue weighted by molar-refractivity contribution is -0.910. The molecule has 1 aliphatic carbocycles. The van der Waals surface area contributed by atoms with Crippen LogP contribution in [0.1, 0.15) is 48.0 Å². The highest BCUT2D eigenvalue weighted by Crippen LogP contribution is 2.42. The van der Waals surface area contributed by atoms with Crippen LogP contribution in [0.3, 0.4) is 0 Å². The molecular weight excluding hydrogens is 450 g/mol. The predicted molar refractivity (Wildman–Crippen MR) is 130 cm³/mol. The van der Waals surface area contributed by atoms with Gasteiger partial charge in [-0.3, -0.25) is 9.59 Å². The fourth-order valence-electron chi connectivity index (χ4n) is 5.92. The summed E-state index contributed by atoms with van der Waals surface area (Å²) in [5.74, 6) is -1.36. The quantitative estimate of drug-likeness (QED) is 0.475. The van der Waals surface area contributed by atoms with Crippen molar-refractivity contribution < 1.29 is 28.0 Å². The van der Waals surface area contributed by atoms with Crippen LogP contribution in [0.5, 0.6) is 0 Å². The molecule has 4 rings (SSSR count). The molecule has 2 aromatic rings. The van der Waals surface area contributed by atoms with E-state index < -0.39 is 29.5 Å². The maximum absolute atomic E-state index is 15.6. The summed E-state index contributed by atoms with van der Waals surface area (Å²) >= 11 is 0. The Bertz CT molecular complexity index is 1060. The smallest absolute Gasteiger partial charge is 0.259 e. The number of amides is 1. The van der Waals surface area contributed by atoms with E-state index in [2.05, 4.69) is 0 Å². The highest BCUT2D eigenvalue weighted by atomic mass is 19.1. The van der Waals surface area contributed by atoms with E-state index in [0.29, 0.717) is 18.5 Å². The van der Waals surface area contributed by atoms with Crippen molar-refractivity contribution in [3.63, 3.8) is 0 Å². The van der Waals surface area contributed by atoms with Crippen molar-refractivity contribution in [2.75, 3.05) is 33.7 Å². The standard InChI is InChI=1S/C28H35F2N2O3/c1-32(2,19-26(33)20-9-8-14-23(29)17-20)25-15-16-31(18-24(25)30)27(34)28(35,22-12-6-7-13-22)21-10-4-3-5-11-21/h3-5,8-11,14,17,22,24-25,35H,6-7,12-13,15-16,18-19H2,1-2H3/q+1. The largest absolute Gasteiger partial charge is 0.375 e. The van der Waals surface area contributed by atoms with Crippen LogP contribution in [0.2, 0.25) is 0 Å². The molecule has 2 aromatic carbocycles. The Labute approximate surface area is 205 Å². The van der Waals surface area contributed by atoms with Gasteiger partial charge in [0.15, 0.2) is 11.8 Å². The monoisotopic (exact) mass is 485 g/mol. The summed E-state index contributed by atoms with van der Waals surface area (Å²) in [6, 6.07) is 14.0. The second kappa shape index (κ2) is 10.2. The third-order valence-electron chi connectivity index (χ3n) is 7.88. The lowest BCUT2D eigenvalue weighted by Gasteiger charge is -2.46. The van der Waals surface area contributed by atoms with Gasteiger partial charge in [-0.2, -0.15) is 0 Å². The third kappa shape index (κ3) is 5.16.